The minimum atomic E-state index is -0.0494. The second-order valence-electron chi connectivity index (χ2n) is 20.1. The molecule has 14 aromatic rings. The van der Waals surface area contributed by atoms with Gasteiger partial charge in [-0.1, -0.05) is 159 Å². The summed E-state index contributed by atoms with van der Waals surface area (Å²) in [5.41, 5.74) is 22.1. The van der Waals surface area contributed by atoms with Gasteiger partial charge in [-0.25, -0.2) is 0 Å². The average Bonchev–Trinajstić information content (AvgIpc) is 4.17. The quantitative estimate of drug-likeness (QED) is 0.159. The van der Waals surface area contributed by atoms with E-state index >= 15 is 0 Å². The number of rotatable bonds is 7. The standard InChI is InChI=1S/C69H47N3O/c1-69(2)59-22-12-9-19-53(59)54-38-29-47(43-60(54)69)46-27-32-51(33-28-46)71-61-23-13-10-20-57(61)65-63(71)41-39-55-56-40-42-64-66(68(56)73-67(55)65)58-21-11-14-24-62(58)72(64)52-36-34-50(35-37-52)70(48-17-7-4-8-18-48)49-30-25-45(26-31-49)44-15-5-3-6-16-44/h3-43H,1-2H3. The predicted octanol–water partition coefficient (Wildman–Crippen LogP) is 18.9. The molecule has 0 atom stereocenters. The first-order valence-electron chi connectivity index (χ1n) is 25.2. The Morgan fingerprint density at radius 2 is 0.767 bits per heavy atom. The van der Waals surface area contributed by atoms with Crippen molar-refractivity contribution in [3.05, 3.63) is 260 Å². The topological polar surface area (TPSA) is 26.2 Å². The predicted molar refractivity (Wildman–Crippen MR) is 306 cm³/mol. The lowest BCUT2D eigenvalue weighted by Crippen LogP contribution is -2.14. The lowest BCUT2D eigenvalue weighted by Gasteiger charge is -2.26. The Morgan fingerprint density at radius 3 is 1.38 bits per heavy atom. The first-order chi connectivity index (χ1) is 36.0. The van der Waals surface area contributed by atoms with E-state index in [2.05, 4.69) is 277 Å². The number of para-hydroxylation sites is 3. The highest BCUT2D eigenvalue weighted by Crippen LogP contribution is 2.50. The molecule has 15 rings (SSSR count). The first-order valence-corrected chi connectivity index (χ1v) is 25.2. The number of hydrogen-bond donors (Lipinski definition) is 0. The second-order valence-corrected chi connectivity index (χ2v) is 20.1. The first kappa shape index (κ1) is 41.4. The van der Waals surface area contributed by atoms with E-state index < -0.39 is 0 Å². The van der Waals surface area contributed by atoms with E-state index in [1.165, 1.54) is 49.9 Å². The molecule has 73 heavy (non-hydrogen) atoms. The number of nitrogens with zero attached hydrogens (tertiary/aromatic N) is 3. The monoisotopic (exact) mass is 933 g/mol. The van der Waals surface area contributed by atoms with Gasteiger partial charge >= 0.3 is 0 Å². The maximum Gasteiger partial charge on any atom is 0.145 e. The molecule has 0 saturated carbocycles. The van der Waals surface area contributed by atoms with Gasteiger partial charge < -0.3 is 18.5 Å². The Balaban J connectivity index is 0.832. The molecule has 3 aromatic heterocycles. The molecule has 4 heteroatoms. The lowest BCUT2D eigenvalue weighted by atomic mass is 9.81. The zero-order valence-corrected chi connectivity index (χ0v) is 40.4. The van der Waals surface area contributed by atoms with Crippen molar-refractivity contribution in [1.82, 2.24) is 9.13 Å². The van der Waals surface area contributed by atoms with E-state index in [1.807, 2.05) is 0 Å². The molecule has 0 bridgehead atoms. The number of benzene rings is 11. The van der Waals surface area contributed by atoms with Gasteiger partial charge in [0.2, 0.25) is 0 Å². The van der Waals surface area contributed by atoms with Crippen molar-refractivity contribution in [3.8, 4) is 44.8 Å². The molecule has 0 saturated heterocycles. The number of furan rings is 1. The van der Waals surface area contributed by atoms with E-state index in [0.29, 0.717) is 0 Å². The van der Waals surface area contributed by atoms with Crippen LogP contribution >= 0.6 is 0 Å². The van der Waals surface area contributed by atoms with Gasteiger partial charge in [-0.2, -0.15) is 0 Å². The van der Waals surface area contributed by atoms with Gasteiger partial charge in [-0.15, -0.1) is 0 Å². The fraction of sp³-hybridized carbons (Fsp3) is 0.0435. The SMILES string of the molecule is CC1(C)c2ccccc2-c2ccc(-c3ccc(-n4c5ccccc5c5c6oc7c(ccc8c7c7ccccc7n8-c7ccc(N(c8ccccc8)c8ccc(-c9ccccc9)cc8)cc7)c6ccc54)cc3)cc21. The molecule has 344 valence electrons. The Hall–Kier alpha value is -9.38. The van der Waals surface area contributed by atoms with Crippen LogP contribution in [0.5, 0.6) is 0 Å². The average molecular weight is 934 g/mol. The molecule has 1 aliphatic carbocycles. The Kier molecular flexibility index (Phi) is 8.97. The van der Waals surface area contributed by atoms with Crippen LogP contribution in [0.25, 0.3) is 110 Å². The van der Waals surface area contributed by atoms with Crippen LogP contribution in [0.3, 0.4) is 0 Å². The molecule has 3 heterocycles. The molecule has 0 spiro atoms. The molecule has 1 aliphatic rings. The molecule has 0 aliphatic heterocycles. The van der Waals surface area contributed by atoms with E-state index in [-0.39, 0.29) is 5.41 Å². The smallest absolute Gasteiger partial charge is 0.145 e. The van der Waals surface area contributed by atoms with Gasteiger partial charge in [0.1, 0.15) is 11.2 Å². The third-order valence-electron chi connectivity index (χ3n) is 15.7. The zero-order valence-electron chi connectivity index (χ0n) is 40.4. The third-order valence-corrected chi connectivity index (χ3v) is 15.7. The minimum Gasteiger partial charge on any atom is -0.455 e. The second kappa shape index (κ2) is 15.8. The van der Waals surface area contributed by atoms with Crippen LogP contribution < -0.4 is 4.90 Å². The van der Waals surface area contributed by atoms with E-state index in [9.17, 15) is 0 Å². The summed E-state index contributed by atoms with van der Waals surface area (Å²) < 4.78 is 12.1. The van der Waals surface area contributed by atoms with Crippen molar-refractivity contribution in [3.63, 3.8) is 0 Å². The van der Waals surface area contributed by atoms with Crippen molar-refractivity contribution in [1.29, 1.82) is 0 Å². The highest BCUT2D eigenvalue weighted by Gasteiger charge is 2.35. The number of aromatic nitrogens is 2. The van der Waals surface area contributed by atoms with Crippen molar-refractivity contribution in [2.75, 3.05) is 4.90 Å². The summed E-state index contributed by atoms with van der Waals surface area (Å²) in [6.07, 6.45) is 0. The minimum absolute atomic E-state index is 0.0494. The molecule has 0 radical (unpaired) electrons. The number of fused-ring (bicyclic) bond motifs is 14. The van der Waals surface area contributed by atoms with Crippen molar-refractivity contribution < 1.29 is 4.42 Å². The summed E-state index contributed by atoms with van der Waals surface area (Å²) in [4.78, 5) is 2.32. The molecular weight excluding hydrogens is 887 g/mol. The maximum atomic E-state index is 7.30. The van der Waals surface area contributed by atoms with Gasteiger partial charge in [0.25, 0.3) is 0 Å². The van der Waals surface area contributed by atoms with Gasteiger partial charge in [0.15, 0.2) is 0 Å². The Labute approximate surface area is 422 Å². The maximum absolute atomic E-state index is 7.30. The van der Waals surface area contributed by atoms with E-state index in [0.717, 1.165) is 88.6 Å². The summed E-state index contributed by atoms with van der Waals surface area (Å²) in [6, 6.07) is 90.5. The fourth-order valence-electron chi connectivity index (χ4n) is 12.2. The summed E-state index contributed by atoms with van der Waals surface area (Å²) in [7, 11) is 0. The molecular formula is C69H47N3O. The molecule has 0 unspecified atom stereocenters. The fourth-order valence-corrected chi connectivity index (χ4v) is 12.2. The summed E-state index contributed by atoms with van der Waals surface area (Å²) in [5.74, 6) is 0. The van der Waals surface area contributed by atoms with Gasteiger partial charge in [0.05, 0.1) is 32.8 Å². The highest BCUT2D eigenvalue weighted by molar-refractivity contribution is 6.29. The third kappa shape index (κ3) is 6.20. The van der Waals surface area contributed by atoms with E-state index in [4.69, 9.17) is 4.42 Å². The van der Waals surface area contributed by atoms with Gasteiger partial charge in [0, 0.05) is 55.4 Å². The van der Waals surface area contributed by atoms with Crippen LogP contribution in [0.4, 0.5) is 17.1 Å². The number of anilines is 3. The van der Waals surface area contributed by atoms with Gasteiger partial charge in [-0.05, 0) is 148 Å². The Bertz CT molecular complexity index is 4480. The van der Waals surface area contributed by atoms with Crippen molar-refractivity contribution >= 4 is 82.6 Å². The van der Waals surface area contributed by atoms with Crippen LogP contribution in [0.2, 0.25) is 0 Å². The van der Waals surface area contributed by atoms with Crippen LogP contribution in [-0.2, 0) is 5.41 Å². The number of hydrogen-bond acceptors (Lipinski definition) is 2. The zero-order chi connectivity index (χ0) is 48.4. The normalized spacial score (nSPS) is 12.9. The van der Waals surface area contributed by atoms with E-state index in [1.54, 1.807) is 0 Å². The molecule has 0 fully saturated rings. The molecule has 0 N–H and O–H groups in total. The lowest BCUT2D eigenvalue weighted by molar-refractivity contribution is 0.660. The van der Waals surface area contributed by atoms with Crippen LogP contribution in [0, 0.1) is 0 Å². The van der Waals surface area contributed by atoms with Crippen molar-refractivity contribution in [2.45, 2.75) is 19.3 Å². The molecule has 4 nitrogen and oxygen atoms in total. The largest absolute Gasteiger partial charge is 0.455 e. The van der Waals surface area contributed by atoms with Crippen LogP contribution in [-0.4, -0.2) is 9.13 Å². The van der Waals surface area contributed by atoms with Crippen LogP contribution in [0.15, 0.2) is 253 Å². The van der Waals surface area contributed by atoms with Crippen molar-refractivity contribution in [2.24, 2.45) is 0 Å². The molecule has 0 amide bonds. The summed E-state index contributed by atoms with van der Waals surface area (Å²) in [6.45, 7) is 4.69. The Morgan fingerprint density at radius 1 is 0.329 bits per heavy atom. The highest BCUT2D eigenvalue weighted by atomic mass is 16.3. The summed E-state index contributed by atoms with van der Waals surface area (Å²) in [5, 5.41) is 6.79. The van der Waals surface area contributed by atoms with Gasteiger partial charge in [-0.3, -0.25) is 0 Å². The molecule has 11 aromatic carbocycles. The van der Waals surface area contributed by atoms with Crippen LogP contribution in [0.1, 0.15) is 25.0 Å². The summed E-state index contributed by atoms with van der Waals surface area (Å²) >= 11 is 0.